The van der Waals surface area contributed by atoms with Crippen LogP contribution in [0.15, 0.2) is 17.1 Å². The quantitative estimate of drug-likeness (QED) is 0.549. The molecule has 0 atom stereocenters. The first-order valence-corrected chi connectivity index (χ1v) is 4.67. The number of halogens is 2. The normalized spacial score (nSPS) is 8.83. The highest BCUT2D eigenvalue weighted by molar-refractivity contribution is 9.09. The second-order valence-corrected chi connectivity index (χ2v) is 2.97. The van der Waals surface area contributed by atoms with Gasteiger partial charge in [0.05, 0.1) is 5.33 Å². The smallest absolute Gasteiger partial charge is 0.266 e. The van der Waals surface area contributed by atoms with Crippen molar-refractivity contribution in [2.75, 3.05) is 5.33 Å². The van der Waals surface area contributed by atoms with Gasteiger partial charge in [0, 0.05) is 11.8 Å². The Hall–Kier alpha value is -0.720. The monoisotopic (exact) mass is 245 g/mol. The van der Waals surface area contributed by atoms with Crippen LogP contribution in [0.1, 0.15) is 5.56 Å². The molecule has 1 heterocycles. The number of rotatable bonds is 0. The largest absolute Gasteiger partial charge is 0.327 e. The van der Waals surface area contributed by atoms with Crippen molar-refractivity contribution in [3.05, 3.63) is 33.2 Å². The summed E-state index contributed by atoms with van der Waals surface area (Å²) < 4.78 is 0. The molecule has 0 saturated heterocycles. The Balaban J connectivity index is 3.05. The van der Waals surface area contributed by atoms with Crippen molar-refractivity contribution in [1.29, 1.82) is 0 Å². The molecule has 1 aromatic rings. The lowest BCUT2D eigenvalue weighted by molar-refractivity contribution is 1.23. The van der Waals surface area contributed by atoms with Crippen LogP contribution in [0.5, 0.6) is 0 Å². The SMILES string of the molecule is O=c1[nH]cc(C#CCBr)cc1Cl. The first kappa shape index (κ1) is 9.37. The Kier molecular flexibility index (Phi) is 3.39. The van der Waals surface area contributed by atoms with E-state index in [2.05, 4.69) is 32.8 Å². The molecule has 12 heavy (non-hydrogen) atoms. The number of hydrogen-bond acceptors (Lipinski definition) is 1. The molecule has 0 fully saturated rings. The van der Waals surface area contributed by atoms with E-state index in [1.807, 2.05) is 0 Å². The number of H-pyrrole nitrogens is 1. The van der Waals surface area contributed by atoms with Gasteiger partial charge in [-0.3, -0.25) is 4.79 Å². The van der Waals surface area contributed by atoms with Crippen molar-refractivity contribution in [2.24, 2.45) is 0 Å². The summed E-state index contributed by atoms with van der Waals surface area (Å²) in [5.41, 5.74) is 0.417. The molecule has 0 unspecified atom stereocenters. The minimum Gasteiger partial charge on any atom is -0.327 e. The highest BCUT2D eigenvalue weighted by Crippen LogP contribution is 2.01. The number of aromatic amines is 1. The first-order chi connectivity index (χ1) is 5.74. The summed E-state index contributed by atoms with van der Waals surface area (Å²) in [6.45, 7) is 0. The van der Waals surface area contributed by atoms with E-state index < -0.39 is 0 Å². The van der Waals surface area contributed by atoms with Gasteiger partial charge in [0.1, 0.15) is 5.02 Å². The van der Waals surface area contributed by atoms with Crippen LogP contribution in [-0.2, 0) is 0 Å². The molecule has 0 aliphatic carbocycles. The standard InChI is InChI=1S/C8H5BrClNO/c9-3-1-2-6-4-7(10)8(12)11-5-6/h4-5H,3H2,(H,11,12). The van der Waals surface area contributed by atoms with Gasteiger partial charge in [-0.15, -0.1) is 0 Å². The summed E-state index contributed by atoms with van der Waals surface area (Å²) in [6.07, 6.45) is 1.53. The second-order valence-electron chi connectivity index (χ2n) is 2.00. The molecule has 62 valence electrons. The fraction of sp³-hybridized carbons (Fsp3) is 0.125. The Morgan fingerprint density at radius 2 is 2.42 bits per heavy atom. The Morgan fingerprint density at radius 1 is 1.67 bits per heavy atom. The molecule has 1 N–H and O–H groups in total. The Bertz CT molecular complexity index is 388. The van der Waals surface area contributed by atoms with Crippen molar-refractivity contribution in [1.82, 2.24) is 4.98 Å². The lowest BCUT2D eigenvalue weighted by atomic mass is 10.3. The van der Waals surface area contributed by atoms with Crippen molar-refractivity contribution < 1.29 is 0 Å². The van der Waals surface area contributed by atoms with E-state index in [1.165, 1.54) is 12.3 Å². The zero-order chi connectivity index (χ0) is 8.97. The van der Waals surface area contributed by atoms with Crippen LogP contribution in [0, 0.1) is 11.8 Å². The highest BCUT2D eigenvalue weighted by atomic mass is 79.9. The summed E-state index contributed by atoms with van der Waals surface area (Å²) in [5.74, 6) is 5.61. The predicted molar refractivity (Wildman–Crippen MR) is 52.7 cm³/mol. The van der Waals surface area contributed by atoms with Gasteiger partial charge in [-0.25, -0.2) is 0 Å². The molecule has 0 aliphatic heterocycles. The molecule has 2 nitrogen and oxygen atoms in total. The average molecular weight is 246 g/mol. The molecule has 0 aromatic carbocycles. The molecule has 0 bridgehead atoms. The van der Waals surface area contributed by atoms with E-state index in [1.54, 1.807) is 0 Å². The van der Waals surface area contributed by atoms with Crippen molar-refractivity contribution in [3.63, 3.8) is 0 Å². The lowest BCUT2D eigenvalue weighted by Gasteiger charge is -1.89. The van der Waals surface area contributed by atoms with Crippen molar-refractivity contribution in [3.8, 4) is 11.8 Å². The van der Waals surface area contributed by atoms with Crippen LogP contribution in [-0.4, -0.2) is 10.3 Å². The second kappa shape index (κ2) is 4.34. The topological polar surface area (TPSA) is 32.9 Å². The number of nitrogens with one attached hydrogen (secondary N) is 1. The molecule has 1 aromatic heterocycles. The molecular weight excluding hydrogens is 241 g/mol. The fourth-order valence-electron chi connectivity index (χ4n) is 0.664. The van der Waals surface area contributed by atoms with Crippen LogP contribution >= 0.6 is 27.5 Å². The van der Waals surface area contributed by atoms with Gasteiger partial charge in [0.15, 0.2) is 0 Å². The Labute approximate surface area is 83.1 Å². The van der Waals surface area contributed by atoms with E-state index in [0.717, 1.165) is 0 Å². The maximum atomic E-state index is 10.8. The number of aromatic nitrogens is 1. The maximum Gasteiger partial charge on any atom is 0.266 e. The molecule has 4 heteroatoms. The third kappa shape index (κ3) is 2.40. The van der Waals surface area contributed by atoms with Gasteiger partial charge >= 0.3 is 0 Å². The number of alkyl halides is 1. The van der Waals surface area contributed by atoms with E-state index >= 15 is 0 Å². The third-order valence-corrected chi connectivity index (χ3v) is 1.72. The highest BCUT2D eigenvalue weighted by Gasteiger charge is 1.94. The fourth-order valence-corrected chi connectivity index (χ4v) is 0.976. The van der Waals surface area contributed by atoms with Gasteiger partial charge in [0.25, 0.3) is 5.56 Å². The number of hydrogen-bond donors (Lipinski definition) is 1. The van der Waals surface area contributed by atoms with Gasteiger partial charge < -0.3 is 4.98 Å². The molecule has 0 aliphatic rings. The van der Waals surface area contributed by atoms with E-state index in [0.29, 0.717) is 10.9 Å². The summed E-state index contributed by atoms with van der Waals surface area (Å²) in [6, 6.07) is 1.54. The Morgan fingerprint density at radius 3 is 3.00 bits per heavy atom. The molecule has 0 saturated carbocycles. The zero-order valence-electron chi connectivity index (χ0n) is 6.03. The molecular formula is C8H5BrClNO. The van der Waals surface area contributed by atoms with Crippen molar-refractivity contribution in [2.45, 2.75) is 0 Å². The molecule has 0 spiro atoms. The lowest BCUT2D eigenvalue weighted by Crippen LogP contribution is -2.04. The van der Waals surface area contributed by atoms with Gasteiger partial charge in [-0.1, -0.05) is 39.4 Å². The minimum atomic E-state index is -0.291. The summed E-state index contributed by atoms with van der Waals surface area (Å²) in [7, 11) is 0. The van der Waals surface area contributed by atoms with Gasteiger partial charge in [-0.2, -0.15) is 0 Å². The summed E-state index contributed by atoms with van der Waals surface area (Å²) in [5, 5.41) is 0.764. The van der Waals surface area contributed by atoms with Crippen LogP contribution in [0.2, 0.25) is 5.02 Å². The predicted octanol–water partition coefficient (Wildman–Crippen LogP) is 1.77. The van der Waals surface area contributed by atoms with Crippen LogP contribution < -0.4 is 5.56 Å². The van der Waals surface area contributed by atoms with E-state index in [4.69, 9.17) is 11.6 Å². The third-order valence-electron chi connectivity index (χ3n) is 1.16. The minimum absolute atomic E-state index is 0.163. The van der Waals surface area contributed by atoms with Crippen LogP contribution in [0.3, 0.4) is 0 Å². The maximum absolute atomic E-state index is 10.8. The van der Waals surface area contributed by atoms with Crippen molar-refractivity contribution >= 4 is 27.5 Å². The number of pyridine rings is 1. The van der Waals surface area contributed by atoms with E-state index in [9.17, 15) is 4.79 Å². The molecule has 1 rings (SSSR count). The van der Waals surface area contributed by atoms with Crippen LogP contribution in [0.4, 0.5) is 0 Å². The zero-order valence-corrected chi connectivity index (χ0v) is 8.37. The average Bonchev–Trinajstić information content (AvgIpc) is 2.07. The molecule has 0 amide bonds. The first-order valence-electron chi connectivity index (χ1n) is 3.17. The van der Waals surface area contributed by atoms with Gasteiger partial charge in [0.2, 0.25) is 0 Å². The van der Waals surface area contributed by atoms with Crippen LogP contribution in [0.25, 0.3) is 0 Å². The summed E-state index contributed by atoms with van der Waals surface area (Å²) in [4.78, 5) is 13.3. The van der Waals surface area contributed by atoms with Gasteiger partial charge in [-0.05, 0) is 6.07 Å². The summed E-state index contributed by atoms with van der Waals surface area (Å²) >= 11 is 8.73. The van der Waals surface area contributed by atoms with E-state index in [-0.39, 0.29) is 10.6 Å². The molecule has 0 radical (unpaired) electrons.